The van der Waals surface area contributed by atoms with Crippen molar-refractivity contribution in [1.29, 1.82) is 0 Å². The summed E-state index contributed by atoms with van der Waals surface area (Å²) in [6.07, 6.45) is 4.81. The maximum Gasteiger partial charge on any atom is 0.278 e. The highest BCUT2D eigenvalue weighted by molar-refractivity contribution is 6.06. The Hall–Kier alpha value is -3.61. The SMILES string of the molecule is COc1ccc(Cn2cnc3c4cc(C)ccc4n(CC(=O)N4CCCC[C@H]4C)c3c2=O)cc1. The van der Waals surface area contributed by atoms with Gasteiger partial charge in [-0.25, -0.2) is 4.98 Å². The molecule has 1 aliphatic rings. The summed E-state index contributed by atoms with van der Waals surface area (Å²) in [5.41, 5.74) is 3.91. The Morgan fingerprint density at radius 2 is 1.94 bits per heavy atom. The monoisotopic (exact) mass is 458 g/mol. The van der Waals surface area contributed by atoms with Crippen LogP contribution in [-0.2, 0) is 17.9 Å². The van der Waals surface area contributed by atoms with Crippen molar-refractivity contribution < 1.29 is 9.53 Å². The predicted octanol–water partition coefficient (Wildman–Crippen LogP) is 4.12. The van der Waals surface area contributed by atoms with E-state index in [1.807, 2.05) is 58.9 Å². The standard InChI is InChI=1S/C27H30N4O3/c1-18-7-12-23-22(14-18)25-26(31(23)16-24(32)30-13-5-4-6-19(30)2)27(33)29(17-28-25)15-20-8-10-21(34-3)11-9-20/h7-12,14,17,19H,4-6,13,15-16H2,1-3H3/t19-/m1/s1. The van der Waals surface area contributed by atoms with E-state index < -0.39 is 0 Å². The zero-order chi connectivity index (χ0) is 23.8. The summed E-state index contributed by atoms with van der Waals surface area (Å²) in [7, 11) is 1.63. The first-order chi connectivity index (χ1) is 16.5. The summed E-state index contributed by atoms with van der Waals surface area (Å²) >= 11 is 0. The molecule has 7 nitrogen and oxygen atoms in total. The summed E-state index contributed by atoms with van der Waals surface area (Å²) in [5, 5.41) is 0.906. The van der Waals surface area contributed by atoms with Crippen molar-refractivity contribution in [3.8, 4) is 5.75 Å². The van der Waals surface area contributed by atoms with Crippen LogP contribution in [0.1, 0.15) is 37.3 Å². The van der Waals surface area contributed by atoms with E-state index in [0.29, 0.717) is 17.6 Å². The molecular formula is C27H30N4O3. The molecule has 1 atom stereocenters. The lowest BCUT2D eigenvalue weighted by molar-refractivity contribution is -0.134. The van der Waals surface area contributed by atoms with Gasteiger partial charge in [0.1, 0.15) is 23.3 Å². The number of ether oxygens (including phenoxy) is 1. The second-order valence-corrected chi connectivity index (χ2v) is 9.26. The van der Waals surface area contributed by atoms with Crippen LogP contribution < -0.4 is 10.3 Å². The normalized spacial score (nSPS) is 16.3. The van der Waals surface area contributed by atoms with E-state index in [2.05, 4.69) is 11.9 Å². The van der Waals surface area contributed by atoms with Gasteiger partial charge in [-0.15, -0.1) is 0 Å². The molecule has 5 rings (SSSR count). The minimum atomic E-state index is -0.144. The Balaban J connectivity index is 1.60. The van der Waals surface area contributed by atoms with Crippen LogP contribution in [0.4, 0.5) is 0 Å². The molecule has 7 heteroatoms. The van der Waals surface area contributed by atoms with Crippen LogP contribution in [0, 0.1) is 6.92 Å². The highest BCUT2D eigenvalue weighted by Crippen LogP contribution is 2.27. The quantitative estimate of drug-likeness (QED) is 0.451. The molecule has 0 aliphatic carbocycles. The van der Waals surface area contributed by atoms with Crippen molar-refractivity contribution >= 4 is 27.8 Å². The van der Waals surface area contributed by atoms with Crippen LogP contribution in [0.15, 0.2) is 53.6 Å². The first-order valence-electron chi connectivity index (χ1n) is 11.9. The van der Waals surface area contributed by atoms with E-state index in [1.165, 1.54) is 0 Å². The molecule has 4 aromatic rings. The fourth-order valence-electron chi connectivity index (χ4n) is 5.01. The van der Waals surface area contributed by atoms with Crippen LogP contribution in [0.2, 0.25) is 0 Å². The van der Waals surface area contributed by atoms with Crippen molar-refractivity contribution in [1.82, 2.24) is 19.0 Å². The zero-order valence-corrected chi connectivity index (χ0v) is 20.0. The number of methoxy groups -OCH3 is 1. The van der Waals surface area contributed by atoms with E-state index in [4.69, 9.17) is 4.74 Å². The number of carbonyl (C=O) groups excluding carboxylic acids is 1. The lowest BCUT2D eigenvalue weighted by Gasteiger charge is -2.33. The average Bonchev–Trinajstić information content (AvgIpc) is 3.14. The van der Waals surface area contributed by atoms with Gasteiger partial charge in [-0.2, -0.15) is 0 Å². The van der Waals surface area contributed by atoms with Gasteiger partial charge in [-0.05, 0) is 62.9 Å². The van der Waals surface area contributed by atoms with E-state index in [9.17, 15) is 9.59 Å². The molecule has 0 spiro atoms. The highest BCUT2D eigenvalue weighted by atomic mass is 16.5. The smallest absolute Gasteiger partial charge is 0.278 e. The molecule has 0 unspecified atom stereocenters. The van der Waals surface area contributed by atoms with Gasteiger partial charge in [-0.1, -0.05) is 23.8 Å². The number of hydrogen-bond acceptors (Lipinski definition) is 4. The van der Waals surface area contributed by atoms with Crippen LogP contribution in [-0.4, -0.2) is 44.6 Å². The van der Waals surface area contributed by atoms with Crippen molar-refractivity contribution in [2.75, 3.05) is 13.7 Å². The predicted molar refractivity (Wildman–Crippen MR) is 133 cm³/mol. The number of fused-ring (bicyclic) bond motifs is 3. The molecule has 0 radical (unpaired) electrons. The van der Waals surface area contributed by atoms with E-state index in [-0.39, 0.29) is 24.1 Å². The molecule has 176 valence electrons. The molecule has 1 fully saturated rings. The number of carbonyl (C=O) groups is 1. The summed E-state index contributed by atoms with van der Waals surface area (Å²) in [6, 6.07) is 13.9. The van der Waals surface area contributed by atoms with Crippen molar-refractivity contribution in [2.45, 2.75) is 52.2 Å². The summed E-state index contributed by atoms with van der Waals surface area (Å²) in [4.78, 5) is 33.7. The Bertz CT molecular complexity index is 1420. The highest BCUT2D eigenvalue weighted by Gasteiger charge is 2.25. The van der Waals surface area contributed by atoms with E-state index >= 15 is 0 Å². The number of nitrogens with zero attached hydrogens (tertiary/aromatic N) is 4. The Morgan fingerprint density at radius 1 is 1.15 bits per heavy atom. The number of aryl methyl sites for hydroxylation is 1. The Morgan fingerprint density at radius 3 is 2.68 bits per heavy atom. The first kappa shape index (κ1) is 22.2. The maximum atomic E-state index is 13.7. The Kier molecular flexibility index (Phi) is 5.86. The molecule has 1 aliphatic heterocycles. The van der Waals surface area contributed by atoms with E-state index in [1.54, 1.807) is 18.0 Å². The minimum absolute atomic E-state index is 0.0523. The number of amides is 1. The summed E-state index contributed by atoms with van der Waals surface area (Å²) < 4.78 is 8.71. The summed E-state index contributed by atoms with van der Waals surface area (Å²) in [6.45, 7) is 5.43. The minimum Gasteiger partial charge on any atom is -0.497 e. The fourth-order valence-corrected chi connectivity index (χ4v) is 5.01. The van der Waals surface area contributed by atoms with Gasteiger partial charge in [0.25, 0.3) is 5.56 Å². The molecule has 0 bridgehead atoms. The zero-order valence-electron chi connectivity index (χ0n) is 20.0. The fraction of sp³-hybridized carbons (Fsp3) is 0.370. The Labute approximate surface area is 198 Å². The van der Waals surface area contributed by atoms with E-state index in [0.717, 1.165) is 53.6 Å². The van der Waals surface area contributed by atoms with Gasteiger partial charge in [0.05, 0.1) is 25.5 Å². The van der Waals surface area contributed by atoms with Gasteiger partial charge >= 0.3 is 0 Å². The van der Waals surface area contributed by atoms with Gasteiger partial charge in [-0.3, -0.25) is 14.2 Å². The molecule has 1 saturated heterocycles. The second kappa shape index (κ2) is 8.97. The third-order valence-corrected chi connectivity index (χ3v) is 6.91. The third kappa shape index (κ3) is 3.95. The van der Waals surface area contributed by atoms with Gasteiger partial charge < -0.3 is 14.2 Å². The van der Waals surface area contributed by atoms with Crippen molar-refractivity contribution in [3.05, 3.63) is 70.3 Å². The largest absolute Gasteiger partial charge is 0.497 e. The van der Waals surface area contributed by atoms with Crippen LogP contribution in [0.3, 0.4) is 0 Å². The van der Waals surface area contributed by atoms with Crippen molar-refractivity contribution in [2.24, 2.45) is 0 Å². The number of rotatable bonds is 5. The third-order valence-electron chi connectivity index (χ3n) is 6.91. The average molecular weight is 459 g/mol. The lowest BCUT2D eigenvalue weighted by Crippen LogP contribution is -2.43. The van der Waals surface area contributed by atoms with Crippen molar-refractivity contribution in [3.63, 3.8) is 0 Å². The number of hydrogen-bond donors (Lipinski definition) is 0. The number of aromatic nitrogens is 3. The summed E-state index contributed by atoms with van der Waals surface area (Å²) in [5.74, 6) is 0.821. The van der Waals surface area contributed by atoms with Gasteiger partial charge in [0, 0.05) is 18.0 Å². The molecule has 0 N–H and O–H groups in total. The van der Waals surface area contributed by atoms with Crippen LogP contribution in [0.25, 0.3) is 21.9 Å². The first-order valence-corrected chi connectivity index (χ1v) is 11.9. The molecule has 1 amide bonds. The molecule has 2 aromatic heterocycles. The van der Waals surface area contributed by atoms with Gasteiger partial charge in [0.15, 0.2) is 0 Å². The molecule has 34 heavy (non-hydrogen) atoms. The molecule has 2 aromatic carbocycles. The van der Waals surface area contributed by atoms with Gasteiger partial charge in [0.2, 0.25) is 5.91 Å². The van der Waals surface area contributed by atoms with Crippen LogP contribution in [0.5, 0.6) is 5.75 Å². The molecular weight excluding hydrogens is 428 g/mol. The molecule has 0 saturated carbocycles. The number of likely N-dealkylation sites (tertiary alicyclic amines) is 1. The molecule has 3 heterocycles. The number of piperidine rings is 1. The number of benzene rings is 2. The second-order valence-electron chi connectivity index (χ2n) is 9.26. The topological polar surface area (TPSA) is 69.4 Å². The maximum absolute atomic E-state index is 13.7. The van der Waals surface area contributed by atoms with Crippen LogP contribution >= 0.6 is 0 Å². The lowest BCUT2D eigenvalue weighted by atomic mass is 10.0.